The first-order chi connectivity index (χ1) is 13.0. The van der Waals surface area contributed by atoms with Crippen molar-refractivity contribution in [3.05, 3.63) is 94.8 Å². The van der Waals surface area contributed by atoms with E-state index in [-0.39, 0.29) is 11.8 Å². The number of benzene rings is 2. The van der Waals surface area contributed by atoms with Crippen LogP contribution in [-0.4, -0.2) is 16.8 Å². The molecule has 0 bridgehead atoms. The number of hydrogen-bond donors (Lipinski definition) is 2. The number of pyridine rings is 1. The van der Waals surface area contributed by atoms with E-state index in [1.807, 2.05) is 62.4 Å². The number of aryl methyl sites for hydroxylation is 2. The van der Waals surface area contributed by atoms with Crippen molar-refractivity contribution >= 4 is 17.5 Å². The van der Waals surface area contributed by atoms with E-state index in [0.717, 1.165) is 22.4 Å². The third kappa shape index (κ3) is 4.58. The quantitative estimate of drug-likeness (QED) is 0.726. The maximum absolute atomic E-state index is 12.5. The summed E-state index contributed by atoms with van der Waals surface area (Å²) < 4.78 is 0. The smallest absolute Gasteiger partial charge is 0.257 e. The molecule has 5 heteroatoms. The van der Waals surface area contributed by atoms with Crippen LogP contribution in [0.5, 0.6) is 0 Å². The van der Waals surface area contributed by atoms with Gasteiger partial charge in [-0.1, -0.05) is 42.5 Å². The molecule has 2 aromatic carbocycles. The van der Waals surface area contributed by atoms with Gasteiger partial charge in [0.1, 0.15) is 0 Å². The fourth-order valence-corrected chi connectivity index (χ4v) is 2.68. The van der Waals surface area contributed by atoms with Crippen molar-refractivity contribution in [2.24, 2.45) is 0 Å². The molecule has 0 radical (unpaired) electrons. The van der Waals surface area contributed by atoms with Gasteiger partial charge in [-0.15, -0.1) is 0 Å². The number of nitrogens with one attached hydrogen (secondary N) is 2. The molecule has 0 fully saturated rings. The molecule has 3 rings (SSSR count). The average molecular weight is 359 g/mol. The number of carbonyl (C=O) groups excluding carboxylic acids is 2. The molecule has 0 saturated heterocycles. The van der Waals surface area contributed by atoms with Gasteiger partial charge >= 0.3 is 0 Å². The predicted molar refractivity (Wildman–Crippen MR) is 106 cm³/mol. The summed E-state index contributed by atoms with van der Waals surface area (Å²) in [5.74, 6) is -0.568. The molecule has 0 unspecified atom stereocenters. The van der Waals surface area contributed by atoms with Crippen LogP contribution in [0, 0.1) is 13.8 Å². The summed E-state index contributed by atoms with van der Waals surface area (Å²) in [5, 5.41) is 5.72. The lowest BCUT2D eigenvalue weighted by atomic mass is 10.1. The van der Waals surface area contributed by atoms with E-state index in [0.29, 0.717) is 17.7 Å². The third-order valence-electron chi connectivity index (χ3n) is 4.36. The molecule has 0 saturated carbocycles. The third-order valence-corrected chi connectivity index (χ3v) is 4.36. The topological polar surface area (TPSA) is 71.1 Å². The minimum atomic E-state index is -0.301. The van der Waals surface area contributed by atoms with Gasteiger partial charge in [-0.05, 0) is 42.7 Å². The van der Waals surface area contributed by atoms with E-state index in [1.54, 1.807) is 6.07 Å². The normalized spacial score (nSPS) is 10.3. The van der Waals surface area contributed by atoms with Crippen molar-refractivity contribution in [1.29, 1.82) is 0 Å². The molecule has 1 heterocycles. The van der Waals surface area contributed by atoms with Gasteiger partial charge in [0.15, 0.2) is 0 Å². The number of para-hydroxylation sites is 1. The second kappa shape index (κ2) is 8.27. The van der Waals surface area contributed by atoms with Crippen molar-refractivity contribution in [3.8, 4) is 0 Å². The van der Waals surface area contributed by atoms with Gasteiger partial charge in [0, 0.05) is 24.6 Å². The Labute approximate surface area is 158 Å². The van der Waals surface area contributed by atoms with Crippen LogP contribution in [0.1, 0.15) is 37.4 Å². The van der Waals surface area contributed by atoms with Crippen molar-refractivity contribution in [1.82, 2.24) is 10.3 Å². The first-order valence-electron chi connectivity index (χ1n) is 8.69. The maximum Gasteiger partial charge on any atom is 0.257 e. The standard InChI is InChI=1S/C22H21N3O2/c1-15-7-3-5-9-17(15)14-24-21(26)18-11-19(13-23-12-18)22(27)25-20-10-6-4-8-16(20)2/h3-13H,14H2,1-2H3,(H,24,26)(H,25,27). The predicted octanol–water partition coefficient (Wildman–Crippen LogP) is 3.88. The number of anilines is 1. The molecule has 0 atom stereocenters. The summed E-state index contributed by atoms with van der Waals surface area (Å²) in [6.07, 6.45) is 2.91. The summed E-state index contributed by atoms with van der Waals surface area (Å²) in [5.41, 5.74) is 4.54. The Morgan fingerprint density at radius 3 is 2.19 bits per heavy atom. The zero-order valence-electron chi connectivity index (χ0n) is 15.3. The van der Waals surface area contributed by atoms with Crippen LogP contribution in [0.25, 0.3) is 0 Å². The number of carbonyl (C=O) groups is 2. The zero-order chi connectivity index (χ0) is 19.2. The van der Waals surface area contributed by atoms with Crippen LogP contribution >= 0.6 is 0 Å². The second-order valence-electron chi connectivity index (χ2n) is 6.34. The lowest BCUT2D eigenvalue weighted by Crippen LogP contribution is -2.24. The Kier molecular flexibility index (Phi) is 5.61. The Morgan fingerprint density at radius 1 is 0.852 bits per heavy atom. The van der Waals surface area contributed by atoms with Crippen molar-refractivity contribution in [2.75, 3.05) is 5.32 Å². The van der Waals surface area contributed by atoms with E-state index >= 15 is 0 Å². The number of hydrogen-bond acceptors (Lipinski definition) is 3. The minimum absolute atomic E-state index is 0.267. The second-order valence-corrected chi connectivity index (χ2v) is 6.34. The highest BCUT2D eigenvalue weighted by molar-refractivity contribution is 6.06. The molecule has 3 aromatic rings. The van der Waals surface area contributed by atoms with E-state index in [2.05, 4.69) is 15.6 Å². The lowest BCUT2D eigenvalue weighted by molar-refractivity contribution is 0.0950. The molecule has 0 aliphatic heterocycles. The molecule has 27 heavy (non-hydrogen) atoms. The van der Waals surface area contributed by atoms with E-state index in [4.69, 9.17) is 0 Å². The van der Waals surface area contributed by atoms with Crippen LogP contribution in [0.15, 0.2) is 67.0 Å². The summed E-state index contributed by atoms with van der Waals surface area (Å²) in [7, 11) is 0. The Morgan fingerprint density at radius 2 is 1.48 bits per heavy atom. The van der Waals surface area contributed by atoms with Crippen molar-refractivity contribution in [2.45, 2.75) is 20.4 Å². The molecule has 2 amide bonds. The molecule has 136 valence electrons. The Bertz CT molecular complexity index is 983. The first kappa shape index (κ1) is 18.3. The zero-order valence-corrected chi connectivity index (χ0v) is 15.3. The summed E-state index contributed by atoms with van der Waals surface area (Å²) >= 11 is 0. The van der Waals surface area contributed by atoms with Gasteiger partial charge in [-0.3, -0.25) is 14.6 Å². The average Bonchev–Trinajstić information content (AvgIpc) is 2.69. The molecular formula is C22H21N3O2. The molecule has 1 aromatic heterocycles. The molecule has 0 aliphatic carbocycles. The van der Waals surface area contributed by atoms with E-state index < -0.39 is 0 Å². The van der Waals surface area contributed by atoms with Gasteiger partial charge in [0.25, 0.3) is 11.8 Å². The fraction of sp³-hybridized carbons (Fsp3) is 0.136. The van der Waals surface area contributed by atoms with E-state index in [9.17, 15) is 9.59 Å². The fourth-order valence-electron chi connectivity index (χ4n) is 2.68. The molecule has 0 aliphatic rings. The van der Waals surface area contributed by atoms with Crippen molar-refractivity contribution < 1.29 is 9.59 Å². The Hall–Kier alpha value is -3.47. The SMILES string of the molecule is Cc1ccccc1CNC(=O)c1cncc(C(=O)Nc2ccccc2C)c1. The molecule has 2 N–H and O–H groups in total. The van der Waals surface area contributed by atoms with Crippen LogP contribution in [0.4, 0.5) is 5.69 Å². The Balaban J connectivity index is 1.69. The highest BCUT2D eigenvalue weighted by Gasteiger charge is 2.12. The molecule has 0 spiro atoms. The number of aromatic nitrogens is 1. The summed E-state index contributed by atoms with van der Waals surface area (Å²) in [6, 6.07) is 16.9. The number of amides is 2. The lowest BCUT2D eigenvalue weighted by Gasteiger charge is -2.10. The van der Waals surface area contributed by atoms with Gasteiger partial charge in [-0.25, -0.2) is 0 Å². The van der Waals surface area contributed by atoms with Gasteiger partial charge in [-0.2, -0.15) is 0 Å². The highest BCUT2D eigenvalue weighted by Crippen LogP contribution is 2.15. The van der Waals surface area contributed by atoms with Crippen molar-refractivity contribution in [3.63, 3.8) is 0 Å². The first-order valence-corrected chi connectivity index (χ1v) is 8.69. The summed E-state index contributed by atoms with van der Waals surface area (Å²) in [6.45, 7) is 4.34. The van der Waals surface area contributed by atoms with E-state index in [1.165, 1.54) is 12.4 Å². The molecule has 5 nitrogen and oxygen atoms in total. The monoisotopic (exact) mass is 359 g/mol. The highest BCUT2D eigenvalue weighted by atomic mass is 16.2. The van der Waals surface area contributed by atoms with Gasteiger partial charge in [0.2, 0.25) is 0 Å². The maximum atomic E-state index is 12.5. The van der Waals surface area contributed by atoms with Gasteiger partial charge in [0.05, 0.1) is 11.1 Å². The number of nitrogens with zero attached hydrogens (tertiary/aromatic N) is 1. The van der Waals surface area contributed by atoms with Crippen LogP contribution in [0.3, 0.4) is 0 Å². The number of rotatable bonds is 5. The largest absolute Gasteiger partial charge is 0.348 e. The minimum Gasteiger partial charge on any atom is -0.348 e. The van der Waals surface area contributed by atoms with Crippen LogP contribution < -0.4 is 10.6 Å². The molecular weight excluding hydrogens is 338 g/mol. The van der Waals surface area contributed by atoms with Crippen LogP contribution in [0.2, 0.25) is 0 Å². The summed E-state index contributed by atoms with van der Waals surface area (Å²) in [4.78, 5) is 29.0. The van der Waals surface area contributed by atoms with Crippen LogP contribution in [-0.2, 0) is 6.54 Å². The van der Waals surface area contributed by atoms with Gasteiger partial charge < -0.3 is 10.6 Å².